The van der Waals surface area contributed by atoms with E-state index in [-0.39, 0.29) is 25.1 Å². The van der Waals surface area contributed by atoms with E-state index in [1.165, 1.54) is 0 Å². The molecule has 2 aromatic carbocycles. The molecule has 0 saturated heterocycles. The van der Waals surface area contributed by atoms with Crippen molar-refractivity contribution in [1.82, 2.24) is 10.6 Å². The van der Waals surface area contributed by atoms with Gasteiger partial charge in [0.25, 0.3) is 0 Å². The number of carbonyl (C=O) groups excluding carboxylic acids is 2. The lowest BCUT2D eigenvalue weighted by Crippen LogP contribution is -2.52. The van der Waals surface area contributed by atoms with Gasteiger partial charge in [-0.05, 0) is 67.8 Å². The molecule has 51 heavy (non-hydrogen) atoms. The van der Waals surface area contributed by atoms with Crippen molar-refractivity contribution in [1.29, 1.82) is 0 Å². The van der Waals surface area contributed by atoms with Gasteiger partial charge in [0.15, 0.2) is 9.84 Å². The highest BCUT2D eigenvalue weighted by atomic mass is 32.2. The molecule has 1 aliphatic carbocycles. The Bertz CT molecular complexity index is 1480. The largest absolute Gasteiger partial charge is 0.490 e. The normalized spacial score (nSPS) is 14.8. The molecule has 1 saturated carbocycles. The highest BCUT2D eigenvalue weighted by molar-refractivity contribution is 7.92. The quantitative estimate of drug-likeness (QED) is 0.112. The molecule has 0 spiro atoms. The molecular formula is C34H46F5N3O8S. The van der Waals surface area contributed by atoms with Crippen LogP contribution < -0.4 is 16.4 Å². The van der Waals surface area contributed by atoms with Crippen LogP contribution in [-0.4, -0.2) is 80.0 Å². The third-order valence-corrected chi connectivity index (χ3v) is 10.1. The molecule has 0 aliphatic heterocycles. The minimum atomic E-state index is -5.08. The number of nitrogens with two attached hydrogens (primary N) is 1. The molecule has 1 amide bonds. The number of esters is 1. The zero-order chi connectivity index (χ0) is 38.2. The first-order chi connectivity index (χ1) is 23.9. The number of benzene rings is 2. The number of nitrogens with one attached hydrogen (secondary N) is 2. The summed E-state index contributed by atoms with van der Waals surface area (Å²) in [5.74, 6) is -5.44. The predicted molar refractivity (Wildman–Crippen MR) is 178 cm³/mol. The molecule has 3 rings (SSSR count). The number of carboxylic acids is 1. The van der Waals surface area contributed by atoms with Crippen LogP contribution in [0, 0.1) is 17.6 Å². The Labute approximate surface area is 294 Å². The Morgan fingerprint density at radius 2 is 1.55 bits per heavy atom. The van der Waals surface area contributed by atoms with Crippen molar-refractivity contribution in [3.05, 3.63) is 71.3 Å². The van der Waals surface area contributed by atoms with Crippen LogP contribution in [0.3, 0.4) is 0 Å². The third-order valence-electron chi connectivity index (χ3n) is 7.77. The van der Waals surface area contributed by atoms with Crippen molar-refractivity contribution >= 4 is 27.9 Å². The van der Waals surface area contributed by atoms with Crippen molar-refractivity contribution in [2.24, 2.45) is 11.7 Å². The highest BCUT2D eigenvalue weighted by Gasteiger charge is 2.38. The second-order valence-corrected chi connectivity index (χ2v) is 14.6. The Kier molecular flexibility index (Phi) is 17.7. The van der Waals surface area contributed by atoms with Crippen LogP contribution in [0.5, 0.6) is 0 Å². The summed E-state index contributed by atoms with van der Waals surface area (Å²) in [5, 5.41) is 12.1. The summed E-state index contributed by atoms with van der Waals surface area (Å²) in [7, 11) is -3.84. The number of alkyl carbamates (subject to hydrolysis) is 1. The minimum Gasteiger partial charge on any atom is -0.475 e. The molecule has 0 radical (unpaired) electrons. The number of sulfone groups is 1. The molecule has 286 valence electrons. The van der Waals surface area contributed by atoms with Gasteiger partial charge in [0.2, 0.25) is 0 Å². The van der Waals surface area contributed by atoms with Crippen LogP contribution in [0.15, 0.2) is 48.5 Å². The molecule has 2 aromatic rings. The fourth-order valence-electron chi connectivity index (χ4n) is 4.99. The average Bonchev–Trinajstić information content (AvgIpc) is 3.87. The number of carboxylic acid groups (broad SMARTS) is 1. The average molecular weight is 752 g/mol. The first-order valence-electron chi connectivity index (χ1n) is 16.6. The van der Waals surface area contributed by atoms with Gasteiger partial charge in [-0.3, -0.25) is 0 Å². The van der Waals surface area contributed by atoms with Crippen molar-refractivity contribution in [2.75, 3.05) is 18.8 Å². The van der Waals surface area contributed by atoms with E-state index >= 15 is 0 Å². The summed E-state index contributed by atoms with van der Waals surface area (Å²) < 4.78 is 97.4. The van der Waals surface area contributed by atoms with E-state index in [4.69, 9.17) is 25.1 Å². The highest BCUT2D eigenvalue weighted by Crippen LogP contribution is 2.27. The fraction of sp³-hybridized carbons (Fsp3) is 0.559. The van der Waals surface area contributed by atoms with Crippen molar-refractivity contribution in [3.8, 4) is 0 Å². The summed E-state index contributed by atoms with van der Waals surface area (Å²) in [4.78, 5) is 35.3. The van der Waals surface area contributed by atoms with Crippen LogP contribution in [0.1, 0.15) is 63.5 Å². The summed E-state index contributed by atoms with van der Waals surface area (Å²) in [5.41, 5.74) is 7.40. The maximum atomic E-state index is 13.8. The molecule has 1 fully saturated rings. The van der Waals surface area contributed by atoms with Gasteiger partial charge in [-0.25, -0.2) is 31.6 Å². The van der Waals surface area contributed by atoms with Crippen molar-refractivity contribution < 1.29 is 59.3 Å². The molecule has 17 heteroatoms. The molecule has 11 nitrogen and oxygen atoms in total. The van der Waals surface area contributed by atoms with Crippen LogP contribution in [0.2, 0.25) is 0 Å². The Balaban J connectivity index is 0.00000116. The van der Waals surface area contributed by atoms with E-state index in [9.17, 15) is 40.0 Å². The number of aliphatic carboxylic acids is 1. The van der Waals surface area contributed by atoms with Gasteiger partial charge in [-0.2, -0.15) is 13.2 Å². The number of alkyl halides is 3. The number of carbonyl (C=O) groups is 3. The van der Waals surface area contributed by atoms with E-state index in [2.05, 4.69) is 10.6 Å². The SMILES string of the molecule is CCCC(CCC)S(=O)(=O)CC(NC(=O)OCc1ccccc1)C(=O)O[C@H](CNCC1CC1)[C@@H](N)Cc1cc(F)cc(F)c1.O=C(O)C(F)(F)F. The summed E-state index contributed by atoms with van der Waals surface area (Å²) in [6.07, 6.45) is -2.79. The van der Waals surface area contributed by atoms with Crippen molar-refractivity contribution in [2.45, 2.75) is 95.0 Å². The predicted octanol–water partition coefficient (Wildman–Crippen LogP) is 5.06. The number of rotatable bonds is 19. The molecule has 5 N–H and O–H groups in total. The number of amides is 1. The number of hydrogen-bond donors (Lipinski definition) is 4. The van der Waals surface area contributed by atoms with Crippen LogP contribution in [0.25, 0.3) is 0 Å². The van der Waals surface area contributed by atoms with Crippen LogP contribution in [-0.2, 0) is 41.9 Å². The lowest BCUT2D eigenvalue weighted by molar-refractivity contribution is -0.192. The fourth-order valence-corrected chi connectivity index (χ4v) is 7.13. The number of halogens is 5. The molecular weight excluding hydrogens is 705 g/mol. The van der Waals surface area contributed by atoms with E-state index < -0.39 is 74.9 Å². The first kappa shape index (κ1) is 43.3. The van der Waals surface area contributed by atoms with Crippen LogP contribution >= 0.6 is 0 Å². The monoisotopic (exact) mass is 751 g/mol. The molecule has 0 aromatic heterocycles. The smallest absolute Gasteiger partial charge is 0.475 e. The van der Waals surface area contributed by atoms with Gasteiger partial charge < -0.3 is 30.9 Å². The summed E-state index contributed by atoms with van der Waals surface area (Å²) in [6.45, 7) is 4.49. The lowest BCUT2D eigenvalue weighted by atomic mass is 10.0. The van der Waals surface area contributed by atoms with Crippen molar-refractivity contribution in [3.63, 3.8) is 0 Å². The standard InChI is InChI=1S/C32H45F2N3O6S.C2HF3O2/c1-3-8-27(9-4-2)44(40,41)21-29(37-32(39)42-20-23-10-6-5-7-11-23)31(38)43-30(19-36-18-22-12-13-22)28(35)16-24-14-25(33)17-26(34)15-24;3-2(4,5)1(6)7/h5-7,10-11,14-15,17,22,27-30,36H,3-4,8-9,12-13,16,18-21,35H2,1-2H3,(H,37,39);(H,6,7)/t28-,29?,30+;/m0./s1. The van der Waals surface area contributed by atoms with Gasteiger partial charge in [-0.15, -0.1) is 0 Å². The van der Waals surface area contributed by atoms with Crippen LogP contribution in [0.4, 0.5) is 26.7 Å². The maximum absolute atomic E-state index is 13.8. The van der Waals surface area contributed by atoms with E-state index in [1.54, 1.807) is 24.3 Å². The number of hydrogen-bond acceptors (Lipinski definition) is 9. The van der Waals surface area contributed by atoms with E-state index in [1.807, 2.05) is 19.9 Å². The molecule has 1 aliphatic rings. The zero-order valence-electron chi connectivity index (χ0n) is 28.5. The summed E-state index contributed by atoms with van der Waals surface area (Å²) in [6, 6.07) is 9.50. The molecule has 3 atom stereocenters. The second kappa shape index (κ2) is 20.9. The van der Waals surface area contributed by atoms with E-state index in [0.29, 0.717) is 43.7 Å². The second-order valence-electron chi connectivity index (χ2n) is 12.3. The Hall–Kier alpha value is -3.83. The minimum absolute atomic E-state index is 0.0116. The van der Waals surface area contributed by atoms with Gasteiger partial charge in [0.1, 0.15) is 30.4 Å². The Morgan fingerprint density at radius 3 is 2.06 bits per heavy atom. The number of ether oxygens (including phenoxy) is 2. The molecule has 0 heterocycles. The van der Waals surface area contributed by atoms with Gasteiger partial charge in [0, 0.05) is 18.7 Å². The maximum Gasteiger partial charge on any atom is 0.490 e. The molecule has 0 bridgehead atoms. The van der Waals surface area contributed by atoms with Gasteiger partial charge in [0.05, 0.1) is 11.0 Å². The topological polar surface area (TPSA) is 174 Å². The third kappa shape index (κ3) is 16.8. The molecule has 1 unspecified atom stereocenters. The van der Waals surface area contributed by atoms with Gasteiger partial charge >= 0.3 is 24.2 Å². The zero-order valence-corrected chi connectivity index (χ0v) is 29.3. The van der Waals surface area contributed by atoms with E-state index in [0.717, 1.165) is 31.0 Å². The Morgan fingerprint density at radius 1 is 0.980 bits per heavy atom. The van der Waals surface area contributed by atoms with Gasteiger partial charge in [-0.1, -0.05) is 57.0 Å². The summed E-state index contributed by atoms with van der Waals surface area (Å²) >= 11 is 0. The first-order valence-corrected chi connectivity index (χ1v) is 18.3. The lowest BCUT2D eigenvalue weighted by Gasteiger charge is -2.28.